The molecule has 2 aromatic rings. The number of carbonyl (C=O) groups is 6. The maximum atomic E-state index is 15.3. The Kier molecular flexibility index (Phi) is 13.5. The van der Waals surface area contributed by atoms with Crippen molar-refractivity contribution in [2.45, 2.75) is 71.0 Å². The number of nitrogens with one attached hydrogen (secondary N) is 4. The highest BCUT2D eigenvalue weighted by Crippen LogP contribution is 2.30. The summed E-state index contributed by atoms with van der Waals surface area (Å²) in [6.07, 6.45) is 1.61. The summed E-state index contributed by atoms with van der Waals surface area (Å²) in [4.78, 5) is 78.8. The number of halogens is 2. The van der Waals surface area contributed by atoms with Gasteiger partial charge in [0, 0.05) is 17.7 Å². The normalized spacial score (nSPS) is 16.4. The molecule has 3 rings (SSSR count). The Hall–Kier alpha value is -4.57. The van der Waals surface area contributed by atoms with Crippen LogP contribution >= 0.6 is 0 Å². The first kappa shape index (κ1) is 39.9. The first-order chi connectivity index (χ1) is 23.3. The number of nitrogens with zero attached hydrogens (tertiary/aromatic N) is 1. The van der Waals surface area contributed by atoms with Crippen molar-refractivity contribution in [1.29, 1.82) is 0 Å². The maximum absolute atomic E-state index is 15.3. The van der Waals surface area contributed by atoms with E-state index < -0.39 is 81.2 Å². The Balaban J connectivity index is 1.67. The minimum absolute atomic E-state index is 0.0310. The molecule has 0 bridgehead atoms. The average molecular weight is 720 g/mol. The van der Waals surface area contributed by atoms with Crippen LogP contribution in [0.1, 0.15) is 66.8 Å². The van der Waals surface area contributed by atoms with Gasteiger partial charge in [-0.25, -0.2) is 13.1 Å². The Morgan fingerprint density at radius 3 is 2.00 bits per heavy atom. The minimum Gasteiger partial charge on any atom is -0.350 e. The van der Waals surface area contributed by atoms with Crippen molar-refractivity contribution in [3.05, 3.63) is 71.3 Å². The molecule has 4 N–H and O–H groups in total. The lowest BCUT2D eigenvalue weighted by molar-refractivity contribution is -0.163. The van der Waals surface area contributed by atoms with Gasteiger partial charge in [0.1, 0.15) is 6.04 Å². The van der Waals surface area contributed by atoms with Crippen molar-refractivity contribution in [3.8, 4) is 0 Å². The molecule has 1 saturated heterocycles. The number of rotatable bonds is 15. The molecular weight excluding hydrogens is 676 g/mol. The van der Waals surface area contributed by atoms with Crippen LogP contribution in [0.15, 0.2) is 54.6 Å². The first-order valence-electron chi connectivity index (χ1n) is 16.1. The van der Waals surface area contributed by atoms with E-state index in [1.54, 1.807) is 48.9 Å². The number of Topliss-reactive ketones (excluding diaryl/α,β-unsaturated/α-hetero) is 1. The van der Waals surface area contributed by atoms with Crippen molar-refractivity contribution in [3.63, 3.8) is 0 Å². The van der Waals surface area contributed by atoms with Gasteiger partial charge in [-0.1, -0.05) is 58.0 Å². The van der Waals surface area contributed by atoms with Crippen molar-refractivity contribution >= 4 is 45.3 Å². The monoisotopic (exact) mass is 719 g/mol. The lowest BCUT2D eigenvalue weighted by Gasteiger charge is -2.35. The summed E-state index contributed by atoms with van der Waals surface area (Å²) in [6, 6.07) is 9.98. The number of amides is 5. The molecule has 16 heteroatoms. The average Bonchev–Trinajstić information content (AvgIpc) is 3.52. The fourth-order valence-corrected chi connectivity index (χ4v) is 6.11. The largest absolute Gasteiger partial charge is 0.383 e. The van der Waals surface area contributed by atoms with Crippen LogP contribution in [0.2, 0.25) is 0 Å². The van der Waals surface area contributed by atoms with Gasteiger partial charge in [0.25, 0.3) is 17.7 Å². The molecule has 272 valence electrons. The zero-order chi connectivity index (χ0) is 37.4. The van der Waals surface area contributed by atoms with Gasteiger partial charge in [-0.05, 0) is 67.5 Å². The third kappa shape index (κ3) is 10.5. The number of carbonyl (C=O) groups excluding carboxylic acids is 6. The quantitative estimate of drug-likeness (QED) is 0.199. The summed E-state index contributed by atoms with van der Waals surface area (Å²) in [6.45, 7) is 6.27. The van der Waals surface area contributed by atoms with Crippen LogP contribution in [0.3, 0.4) is 0 Å². The number of hydrogen-bond donors (Lipinski definition) is 4. The molecule has 13 nitrogen and oxygen atoms in total. The number of sulfonamides is 1. The van der Waals surface area contributed by atoms with E-state index in [4.69, 9.17) is 0 Å². The third-order valence-electron chi connectivity index (χ3n) is 8.16. The van der Waals surface area contributed by atoms with E-state index in [9.17, 15) is 37.2 Å². The highest BCUT2D eigenvalue weighted by Gasteiger charge is 2.54. The number of hydrogen-bond acceptors (Lipinski definition) is 9. The number of alkyl halides is 2. The molecule has 1 fully saturated rings. The fraction of sp³-hybridized carbons (Fsp3) is 0.471. The first-order valence-corrected chi connectivity index (χ1v) is 18.0. The second-order valence-electron chi connectivity index (χ2n) is 12.8. The number of likely N-dealkylation sites (tertiary alicyclic amines) is 1. The molecule has 1 aliphatic rings. The molecule has 2 aromatic carbocycles. The lowest BCUT2D eigenvalue weighted by atomic mass is 9.93. The predicted molar refractivity (Wildman–Crippen MR) is 179 cm³/mol. The number of ketones is 1. The van der Waals surface area contributed by atoms with Crippen molar-refractivity contribution in [1.82, 2.24) is 25.6 Å². The molecule has 0 spiro atoms. The Bertz CT molecular complexity index is 1680. The molecule has 1 unspecified atom stereocenters. The number of benzene rings is 2. The Labute approximate surface area is 290 Å². The molecule has 50 heavy (non-hydrogen) atoms. The van der Waals surface area contributed by atoms with E-state index in [1.165, 1.54) is 43.0 Å². The zero-order valence-corrected chi connectivity index (χ0v) is 29.3. The molecule has 5 amide bonds. The standard InChI is InChI=1S/C34H43F2N5O8S/c1-20(2)26(38-29(43)23-13-15-24(16-14-23)30(44)40-50(5,48)49)32(46)39-31(45)25-12-9-19-41(25)27(21(3)4)28(42)34(35,36)33(47)37-18-17-22-10-7-6-8-11-22/h6-8,10-11,13-16,20-21,25-27H,9,12,17-19H2,1-5H3,(H,37,47)(H,38,43)(H,40,44)(H,39,45,46)/t25-,26-,27?/m0/s1. The SMILES string of the molecule is CC(C)C(C(=O)C(F)(F)C(=O)NCCc1ccccc1)N1CCC[C@H]1C(=O)NC(=O)[C@@H](NC(=O)c1ccc(C(=O)NS(C)(=O)=O)cc1)C(C)C. The summed E-state index contributed by atoms with van der Waals surface area (Å²) in [5.74, 6) is -12.3. The minimum atomic E-state index is -4.38. The topological polar surface area (TPSA) is 188 Å². The molecule has 0 aliphatic carbocycles. The van der Waals surface area contributed by atoms with Gasteiger partial charge in [0.05, 0.1) is 18.3 Å². The van der Waals surface area contributed by atoms with Crippen LogP contribution in [0.25, 0.3) is 0 Å². The van der Waals surface area contributed by atoms with Crippen LogP contribution in [0, 0.1) is 11.8 Å². The molecule has 0 radical (unpaired) electrons. The van der Waals surface area contributed by atoms with E-state index in [0.29, 0.717) is 6.42 Å². The van der Waals surface area contributed by atoms with Crippen LogP contribution < -0.4 is 20.7 Å². The van der Waals surface area contributed by atoms with Gasteiger partial charge in [-0.15, -0.1) is 0 Å². The highest BCUT2D eigenvalue weighted by molar-refractivity contribution is 7.89. The number of imide groups is 1. The predicted octanol–water partition coefficient (Wildman–Crippen LogP) is 1.83. The second-order valence-corrected chi connectivity index (χ2v) is 14.6. The molecule has 1 aliphatic heterocycles. The third-order valence-corrected chi connectivity index (χ3v) is 8.72. The lowest BCUT2D eigenvalue weighted by Crippen LogP contribution is -2.60. The maximum Gasteiger partial charge on any atom is 0.383 e. The summed E-state index contributed by atoms with van der Waals surface area (Å²) in [7, 11) is -3.81. The molecule has 0 aromatic heterocycles. The molecule has 0 saturated carbocycles. The van der Waals surface area contributed by atoms with Gasteiger partial charge < -0.3 is 10.6 Å². The van der Waals surface area contributed by atoms with Crippen LogP contribution in [0.5, 0.6) is 0 Å². The highest BCUT2D eigenvalue weighted by atomic mass is 32.2. The van der Waals surface area contributed by atoms with E-state index in [-0.39, 0.29) is 37.1 Å². The fourth-order valence-electron chi connectivity index (χ4n) is 5.66. The Morgan fingerprint density at radius 1 is 0.880 bits per heavy atom. The van der Waals surface area contributed by atoms with E-state index in [1.807, 2.05) is 0 Å². The van der Waals surface area contributed by atoms with E-state index in [0.717, 1.165) is 11.8 Å². The zero-order valence-electron chi connectivity index (χ0n) is 28.5. The summed E-state index contributed by atoms with van der Waals surface area (Å²) in [5, 5.41) is 6.92. The molecular formula is C34H43F2N5O8S. The van der Waals surface area contributed by atoms with Gasteiger partial charge in [-0.2, -0.15) is 8.78 Å². The van der Waals surface area contributed by atoms with Crippen LogP contribution in [0.4, 0.5) is 8.78 Å². The molecule has 3 atom stereocenters. The van der Waals surface area contributed by atoms with Gasteiger partial charge in [-0.3, -0.25) is 39.0 Å². The van der Waals surface area contributed by atoms with Crippen LogP contribution in [-0.2, 0) is 35.6 Å². The van der Waals surface area contributed by atoms with Gasteiger partial charge in [0.2, 0.25) is 27.6 Å². The van der Waals surface area contributed by atoms with Gasteiger partial charge in [0.15, 0.2) is 0 Å². The second kappa shape index (κ2) is 16.9. The summed E-state index contributed by atoms with van der Waals surface area (Å²) < 4.78 is 55.0. The van der Waals surface area contributed by atoms with E-state index in [2.05, 4.69) is 16.0 Å². The van der Waals surface area contributed by atoms with Crippen molar-refractivity contribution in [2.75, 3.05) is 19.3 Å². The smallest absolute Gasteiger partial charge is 0.350 e. The van der Waals surface area contributed by atoms with Crippen molar-refractivity contribution in [2.24, 2.45) is 11.8 Å². The summed E-state index contributed by atoms with van der Waals surface area (Å²) >= 11 is 0. The van der Waals surface area contributed by atoms with Crippen molar-refractivity contribution < 1.29 is 46.0 Å². The van der Waals surface area contributed by atoms with E-state index >= 15 is 8.78 Å². The van der Waals surface area contributed by atoms with Gasteiger partial charge >= 0.3 is 5.92 Å². The molecule has 1 heterocycles. The Morgan fingerprint density at radius 2 is 1.46 bits per heavy atom. The van der Waals surface area contributed by atoms with Crippen LogP contribution in [-0.4, -0.2) is 92.0 Å². The summed E-state index contributed by atoms with van der Waals surface area (Å²) in [5.41, 5.74) is 0.822.